The fourth-order valence-electron chi connectivity index (χ4n) is 3.28. The summed E-state index contributed by atoms with van der Waals surface area (Å²) in [5, 5.41) is 0. The number of carbonyl (C=O) groups excluding carboxylic acids is 1. The highest BCUT2D eigenvalue weighted by atomic mass is 16.2. The van der Waals surface area contributed by atoms with E-state index in [-0.39, 0.29) is 5.91 Å². The topological polar surface area (TPSA) is 41.4 Å². The average Bonchev–Trinajstić information content (AvgIpc) is 2.72. The monoisotopic (exact) mass is 314 g/mol. The third-order valence-electron chi connectivity index (χ3n) is 4.90. The van der Waals surface area contributed by atoms with Crippen molar-refractivity contribution >= 4 is 16.9 Å². The van der Waals surface area contributed by atoms with Gasteiger partial charge in [-0.2, -0.15) is 0 Å². The van der Waals surface area contributed by atoms with Crippen molar-refractivity contribution < 1.29 is 4.79 Å². The van der Waals surface area contributed by atoms with E-state index in [0.717, 1.165) is 55.0 Å². The Kier molecular flexibility index (Phi) is 4.39. The van der Waals surface area contributed by atoms with Crippen LogP contribution >= 0.6 is 0 Å². The molecule has 0 N–H and O–H groups in total. The second kappa shape index (κ2) is 6.32. The van der Waals surface area contributed by atoms with Crippen molar-refractivity contribution in [3.63, 3.8) is 0 Å². The van der Waals surface area contributed by atoms with Gasteiger partial charge in [0.1, 0.15) is 5.82 Å². The Hall–Kier alpha value is -1.88. The Morgan fingerprint density at radius 2 is 1.96 bits per heavy atom. The van der Waals surface area contributed by atoms with Crippen molar-refractivity contribution in [2.24, 2.45) is 7.05 Å². The number of hydrogen-bond donors (Lipinski definition) is 0. The number of benzene rings is 1. The van der Waals surface area contributed by atoms with Gasteiger partial charge in [-0.25, -0.2) is 4.98 Å². The molecule has 1 aromatic carbocycles. The van der Waals surface area contributed by atoms with Crippen molar-refractivity contribution in [3.8, 4) is 0 Å². The van der Waals surface area contributed by atoms with Gasteiger partial charge in [-0.05, 0) is 45.4 Å². The summed E-state index contributed by atoms with van der Waals surface area (Å²) in [6.07, 6.45) is 1.04. The molecule has 3 rings (SSSR count). The van der Waals surface area contributed by atoms with Crippen LogP contribution in [-0.2, 0) is 7.05 Å². The molecule has 1 aromatic heterocycles. The quantitative estimate of drug-likeness (QED) is 0.855. The predicted octanol–water partition coefficient (Wildman–Crippen LogP) is 2.44. The molecular formula is C18H26N4O. The van der Waals surface area contributed by atoms with E-state index in [2.05, 4.69) is 23.7 Å². The van der Waals surface area contributed by atoms with Crippen LogP contribution in [0.1, 0.15) is 36.5 Å². The minimum atomic E-state index is 0.136. The van der Waals surface area contributed by atoms with Crippen LogP contribution in [0.5, 0.6) is 0 Å². The van der Waals surface area contributed by atoms with E-state index in [9.17, 15) is 4.79 Å². The molecule has 1 aliphatic rings. The zero-order valence-electron chi connectivity index (χ0n) is 14.5. The Morgan fingerprint density at radius 3 is 2.70 bits per heavy atom. The summed E-state index contributed by atoms with van der Waals surface area (Å²) in [4.78, 5) is 21.8. The van der Waals surface area contributed by atoms with Crippen LogP contribution in [0.2, 0.25) is 0 Å². The molecule has 23 heavy (non-hydrogen) atoms. The summed E-state index contributed by atoms with van der Waals surface area (Å²) in [6.45, 7) is 10.1. The van der Waals surface area contributed by atoms with Crippen molar-refractivity contribution in [2.75, 3.05) is 26.2 Å². The predicted molar refractivity (Wildman–Crippen MR) is 92.7 cm³/mol. The Bertz CT molecular complexity index is 719. The van der Waals surface area contributed by atoms with E-state index in [1.807, 2.05) is 41.6 Å². The standard InChI is InChI=1S/C18H26N4O/c1-13(2)21-8-5-9-22(11-10-21)18(23)15-6-7-16-17(12-15)20(4)14(3)19-16/h6-7,12-13H,5,8-11H2,1-4H3. The first-order valence-corrected chi connectivity index (χ1v) is 8.44. The summed E-state index contributed by atoms with van der Waals surface area (Å²) < 4.78 is 2.04. The van der Waals surface area contributed by atoms with E-state index >= 15 is 0 Å². The number of carbonyl (C=O) groups is 1. The van der Waals surface area contributed by atoms with E-state index in [0.29, 0.717) is 6.04 Å². The molecular weight excluding hydrogens is 288 g/mol. The largest absolute Gasteiger partial charge is 0.337 e. The van der Waals surface area contributed by atoms with Gasteiger partial charge in [-0.15, -0.1) is 0 Å². The highest BCUT2D eigenvalue weighted by molar-refractivity contribution is 5.97. The summed E-state index contributed by atoms with van der Waals surface area (Å²) in [5.41, 5.74) is 2.73. The van der Waals surface area contributed by atoms with Crippen molar-refractivity contribution in [3.05, 3.63) is 29.6 Å². The number of aryl methyl sites for hydroxylation is 2. The van der Waals surface area contributed by atoms with Crippen molar-refractivity contribution in [2.45, 2.75) is 33.2 Å². The molecule has 0 bridgehead atoms. The van der Waals surface area contributed by atoms with Gasteiger partial charge in [0.05, 0.1) is 11.0 Å². The smallest absolute Gasteiger partial charge is 0.253 e. The van der Waals surface area contributed by atoms with Crippen molar-refractivity contribution in [1.82, 2.24) is 19.4 Å². The fourth-order valence-corrected chi connectivity index (χ4v) is 3.28. The molecule has 0 saturated carbocycles. The first-order chi connectivity index (χ1) is 11.0. The zero-order chi connectivity index (χ0) is 16.6. The lowest BCUT2D eigenvalue weighted by Gasteiger charge is -2.25. The maximum absolute atomic E-state index is 12.9. The van der Waals surface area contributed by atoms with Crippen LogP contribution in [-0.4, -0.2) is 57.5 Å². The average molecular weight is 314 g/mol. The first kappa shape index (κ1) is 16.0. The molecule has 2 aromatic rings. The second-order valence-corrected chi connectivity index (χ2v) is 6.70. The summed E-state index contributed by atoms with van der Waals surface area (Å²) in [7, 11) is 1.99. The van der Waals surface area contributed by atoms with Gasteiger partial charge in [0, 0.05) is 44.8 Å². The molecule has 0 radical (unpaired) electrons. The van der Waals surface area contributed by atoms with Gasteiger partial charge in [0.25, 0.3) is 5.91 Å². The van der Waals surface area contributed by atoms with E-state index < -0.39 is 0 Å². The van der Waals surface area contributed by atoms with Crippen LogP contribution < -0.4 is 0 Å². The Labute approximate surface area is 137 Å². The van der Waals surface area contributed by atoms with Crippen LogP contribution in [0.25, 0.3) is 11.0 Å². The van der Waals surface area contributed by atoms with Crippen molar-refractivity contribution in [1.29, 1.82) is 0 Å². The third-order valence-corrected chi connectivity index (χ3v) is 4.90. The summed E-state index contributed by atoms with van der Waals surface area (Å²) >= 11 is 0. The molecule has 2 heterocycles. The molecule has 5 heteroatoms. The minimum absolute atomic E-state index is 0.136. The number of imidazole rings is 1. The van der Waals surface area contributed by atoms with Gasteiger partial charge in [-0.3, -0.25) is 9.69 Å². The van der Waals surface area contributed by atoms with E-state index in [4.69, 9.17) is 0 Å². The molecule has 124 valence electrons. The summed E-state index contributed by atoms with van der Waals surface area (Å²) in [6, 6.07) is 6.37. The van der Waals surface area contributed by atoms with Gasteiger partial charge < -0.3 is 9.47 Å². The number of amides is 1. The van der Waals surface area contributed by atoms with Crippen LogP contribution in [0.15, 0.2) is 18.2 Å². The van der Waals surface area contributed by atoms with Gasteiger partial charge >= 0.3 is 0 Å². The molecule has 0 unspecified atom stereocenters. The SMILES string of the molecule is Cc1nc2ccc(C(=O)N3CCCN(C(C)C)CC3)cc2n1C. The molecule has 1 fully saturated rings. The van der Waals surface area contributed by atoms with Gasteiger partial charge in [0.2, 0.25) is 0 Å². The molecule has 0 atom stereocenters. The lowest BCUT2D eigenvalue weighted by Crippen LogP contribution is -2.37. The number of hydrogen-bond acceptors (Lipinski definition) is 3. The normalized spacial score (nSPS) is 17.0. The second-order valence-electron chi connectivity index (χ2n) is 6.70. The number of nitrogens with zero attached hydrogens (tertiary/aromatic N) is 4. The Morgan fingerprint density at radius 1 is 1.17 bits per heavy atom. The maximum Gasteiger partial charge on any atom is 0.253 e. The first-order valence-electron chi connectivity index (χ1n) is 8.44. The van der Waals surface area contributed by atoms with E-state index in [1.165, 1.54) is 0 Å². The summed E-state index contributed by atoms with van der Waals surface area (Å²) in [5.74, 6) is 1.10. The molecule has 1 amide bonds. The number of fused-ring (bicyclic) bond motifs is 1. The molecule has 5 nitrogen and oxygen atoms in total. The van der Waals surface area contributed by atoms with Gasteiger partial charge in [0.15, 0.2) is 0 Å². The number of rotatable bonds is 2. The van der Waals surface area contributed by atoms with Crippen LogP contribution in [0, 0.1) is 6.92 Å². The molecule has 1 aliphatic heterocycles. The van der Waals surface area contributed by atoms with Gasteiger partial charge in [-0.1, -0.05) is 0 Å². The molecule has 1 saturated heterocycles. The molecule has 0 spiro atoms. The highest BCUT2D eigenvalue weighted by Gasteiger charge is 2.22. The maximum atomic E-state index is 12.9. The minimum Gasteiger partial charge on any atom is -0.337 e. The van der Waals surface area contributed by atoms with E-state index in [1.54, 1.807) is 0 Å². The van der Waals surface area contributed by atoms with Crippen LogP contribution in [0.3, 0.4) is 0 Å². The Balaban J connectivity index is 1.81. The lowest BCUT2D eigenvalue weighted by atomic mass is 10.1. The fraction of sp³-hybridized carbons (Fsp3) is 0.556. The molecule has 0 aliphatic carbocycles. The highest BCUT2D eigenvalue weighted by Crippen LogP contribution is 2.18. The lowest BCUT2D eigenvalue weighted by molar-refractivity contribution is 0.0759. The number of aromatic nitrogens is 2. The zero-order valence-corrected chi connectivity index (χ0v) is 14.5. The van der Waals surface area contributed by atoms with Crippen LogP contribution in [0.4, 0.5) is 0 Å². The third kappa shape index (κ3) is 3.11.